The second-order valence-corrected chi connectivity index (χ2v) is 9.33. The minimum absolute atomic E-state index is 0.412. The van der Waals surface area contributed by atoms with Gasteiger partial charge in [-0.15, -0.1) is 11.8 Å². The SMILES string of the molecule is [B]c1cnn2c(NCc3cccnc3)cc(C3CCN(Cc4ccccc4SC)CC3)nc12. The zero-order valence-electron chi connectivity index (χ0n) is 18.8. The fourth-order valence-electron chi connectivity index (χ4n) is 4.49. The molecule has 8 heteroatoms. The highest BCUT2D eigenvalue weighted by Gasteiger charge is 2.24. The fraction of sp³-hybridized carbons (Fsp3) is 0.320. The Bertz CT molecular complexity index is 1220. The first-order chi connectivity index (χ1) is 16.2. The minimum atomic E-state index is 0.412. The molecule has 166 valence electrons. The van der Waals surface area contributed by atoms with Crippen molar-refractivity contribution in [1.82, 2.24) is 24.5 Å². The lowest BCUT2D eigenvalue weighted by molar-refractivity contribution is 0.202. The van der Waals surface area contributed by atoms with Gasteiger partial charge in [-0.1, -0.05) is 24.3 Å². The van der Waals surface area contributed by atoms with Gasteiger partial charge in [0, 0.05) is 54.3 Å². The third-order valence-corrected chi connectivity index (χ3v) is 7.15. The van der Waals surface area contributed by atoms with Crippen LogP contribution in [0.5, 0.6) is 0 Å². The van der Waals surface area contributed by atoms with Crippen molar-refractivity contribution in [2.75, 3.05) is 24.7 Å². The molecule has 0 atom stereocenters. The molecular formula is C25H27BN6S. The number of aromatic nitrogens is 4. The number of pyridine rings is 1. The maximum atomic E-state index is 6.19. The van der Waals surface area contributed by atoms with Gasteiger partial charge < -0.3 is 5.32 Å². The van der Waals surface area contributed by atoms with Crippen molar-refractivity contribution in [3.63, 3.8) is 0 Å². The normalized spacial score (nSPS) is 15.2. The van der Waals surface area contributed by atoms with Crippen molar-refractivity contribution in [2.45, 2.75) is 36.7 Å². The number of rotatable bonds is 7. The van der Waals surface area contributed by atoms with E-state index in [4.69, 9.17) is 12.8 Å². The zero-order chi connectivity index (χ0) is 22.6. The number of benzene rings is 1. The Morgan fingerprint density at radius 1 is 1.12 bits per heavy atom. The number of fused-ring (bicyclic) bond motifs is 1. The number of nitrogens with zero attached hydrogens (tertiary/aromatic N) is 5. The van der Waals surface area contributed by atoms with Crippen molar-refractivity contribution < 1.29 is 0 Å². The quantitative estimate of drug-likeness (QED) is 0.340. The van der Waals surface area contributed by atoms with Crippen molar-refractivity contribution in [2.24, 2.45) is 0 Å². The molecule has 4 aromatic rings. The number of thioether (sulfide) groups is 1. The highest BCUT2D eigenvalue weighted by molar-refractivity contribution is 7.98. The molecule has 5 rings (SSSR count). The molecule has 1 fully saturated rings. The van der Waals surface area contributed by atoms with E-state index in [1.165, 1.54) is 10.5 Å². The lowest BCUT2D eigenvalue weighted by Gasteiger charge is -2.32. The van der Waals surface area contributed by atoms with Crippen LogP contribution < -0.4 is 10.8 Å². The summed E-state index contributed by atoms with van der Waals surface area (Å²) in [6.07, 6.45) is 9.64. The van der Waals surface area contributed by atoms with Gasteiger partial charge in [-0.25, -0.2) is 4.98 Å². The molecule has 6 nitrogen and oxygen atoms in total. The van der Waals surface area contributed by atoms with E-state index in [0.29, 0.717) is 17.9 Å². The summed E-state index contributed by atoms with van der Waals surface area (Å²) in [4.78, 5) is 13.0. The van der Waals surface area contributed by atoms with Crippen LogP contribution >= 0.6 is 11.8 Å². The highest BCUT2D eigenvalue weighted by atomic mass is 32.2. The second kappa shape index (κ2) is 9.97. The summed E-state index contributed by atoms with van der Waals surface area (Å²) in [6, 6.07) is 14.9. The second-order valence-electron chi connectivity index (χ2n) is 8.48. The van der Waals surface area contributed by atoms with Crippen LogP contribution in [-0.4, -0.2) is 51.7 Å². The van der Waals surface area contributed by atoms with Crippen LogP contribution in [0.2, 0.25) is 0 Å². The number of likely N-dealkylation sites (tertiary alicyclic amines) is 1. The molecule has 1 N–H and O–H groups in total. The van der Waals surface area contributed by atoms with Gasteiger partial charge in [0.2, 0.25) is 0 Å². The van der Waals surface area contributed by atoms with Crippen molar-refractivity contribution >= 4 is 36.5 Å². The van der Waals surface area contributed by atoms with E-state index in [1.807, 2.05) is 24.0 Å². The first kappa shape index (κ1) is 22.0. The lowest BCUT2D eigenvalue weighted by atomic mass is 9.92. The van der Waals surface area contributed by atoms with E-state index in [2.05, 4.69) is 63.0 Å². The first-order valence-electron chi connectivity index (χ1n) is 11.3. The molecule has 0 bridgehead atoms. The standard InChI is InChI=1S/C25H27BN6S/c1-33-23-7-3-2-6-20(23)17-31-11-8-19(9-12-31)22-13-24(28-15-18-5-4-10-27-14-18)32-25(30-22)21(26)16-29-32/h2-7,10,13-14,16,19,28H,8-9,11-12,15,17H2,1H3. The molecule has 0 saturated carbocycles. The van der Waals surface area contributed by atoms with Gasteiger partial charge >= 0.3 is 0 Å². The molecule has 0 unspecified atom stereocenters. The van der Waals surface area contributed by atoms with Gasteiger partial charge in [0.05, 0.1) is 0 Å². The summed E-state index contributed by atoms with van der Waals surface area (Å²) < 4.78 is 1.80. The predicted octanol–water partition coefficient (Wildman–Crippen LogP) is 3.63. The van der Waals surface area contributed by atoms with E-state index in [0.717, 1.165) is 55.2 Å². The molecule has 1 aliphatic rings. The Balaban J connectivity index is 1.31. The summed E-state index contributed by atoms with van der Waals surface area (Å²) in [5.41, 5.74) is 4.94. The molecule has 33 heavy (non-hydrogen) atoms. The molecule has 0 amide bonds. The van der Waals surface area contributed by atoms with Crippen LogP contribution in [0.15, 0.2) is 66.0 Å². The molecule has 1 aliphatic heterocycles. The fourth-order valence-corrected chi connectivity index (χ4v) is 5.10. The average Bonchev–Trinajstić information content (AvgIpc) is 3.24. The first-order valence-corrected chi connectivity index (χ1v) is 12.5. The van der Waals surface area contributed by atoms with Crippen LogP contribution in [-0.2, 0) is 13.1 Å². The minimum Gasteiger partial charge on any atom is -0.366 e. The number of piperidine rings is 1. The smallest absolute Gasteiger partial charge is 0.150 e. The molecule has 3 aromatic heterocycles. The number of hydrogen-bond donors (Lipinski definition) is 1. The topological polar surface area (TPSA) is 58.4 Å². The third-order valence-electron chi connectivity index (χ3n) is 6.31. The Morgan fingerprint density at radius 2 is 1.97 bits per heavy atom. The number of nitrogens with one attached hydrogen (secondary N) is 1. The summed E-state index contributed by atoms with van der Waals surface area (Å²) >= 11 is 1.82. The molecule has 2 radical (unpaired) electrons. The monoisotopic (exact) mass is 454 g/mol. The van der Waals surface area contributed by atoms with E-state index >= 15 is 0 Å². The van der Waals surface area contributed by atoms with Gasteiger partial charge in [-0.05, 0) is 60.9 Å². The Morgan fingerprint density at radius 3 is 2.76 bits per heavy atom. The summed E-state index contributed by atoms with van der Waals surface area (Å²) in [7, 11) is 6.19. The number of anilines is 1. The van der Waals surface area contributed by atoms with E-state index in [1.54, 1.807) is 16.9 Å². The Hall–Kier alpha value is -2.84. The predicted molar refractivity (Wildman–Crippen MR) is 135 cm³/mol. The molecule has 1 aromatic carbocycles. The van der Waals surface area contributed by atoms with Gasteiger partial charge in [0.25, 0.3) is 0 Å². The maximum absolute atomic E-state index is 6.19. The highest BCUT2D eigenvalue weighted by Crippen LogP contribution is 2.30. The van der Waals surface area contributed by atoms with Gasteiger partial charge in [0.15, 0.2) is 0 Å². The average molecular weight is 454 g/mol. The van der Waals surface area contributed by atoms with Crippen LogP contribution in [0.1, 0.15) is 35.6 Å². The molecule has 4 heterocycles. The summed E-state index contributed by atoms with van der Waals surface area (Å²) in [5.74, 6) is 1.32. The largest absolute Gasteiger partial charge is 0.366 e. The van der Waals surface area contributed by atoms with Crippen LogP contribution in [0, 0.1) is 0 Å². The molecule has 1 saturated heterocycles. The van der Waals surface area contributed by atoms with Gasteiger partial charge in [-0.3, -0.25) is 9.88 Å². The summed E-state index contributed by atoms with van der Waals surface area (Å²) in [6.45, 7) is 3.80. The van der Waals surface area contributed by atoms with Gasteiger partial charge in [0.1, 0.15) is 19.3 Å². The zero-order valence-corrected chi connectivity index (χ0v) is 19.6. The Kier molecular flexibility index (Phi) is 6.64. The molecular weight excluding hydrogens is 427 g/mol. The number of hydrogen-bond acceptors (Lipinski definition) is 6. The Labute approximate surface area is 200 Å². The molecule has 0 spiro atoms. The van der Waals surface area contributed by atoms with Crippen molar-refractivity contribution in [1.29, 1.82) is 0 Å². The van der Waals surface area contributed by atoms with E-state index in [-0.39, 0.29) is 0 Å². The summed E-state index contributed by atoms with van der Waals surface area (Å²) in [5, 5.41) is 7.94. The van der Waals surface area contributed by atoms with Crippen LogP contribution in [0.4, 0.5) is 5.82 Å². The van der Waals surface area contributed by atoms with Gasteiger partial charge in [-0.2, -0.15) is 9.61 Å². The lowest BCUT2D eigenvalue weighted by Crippen LogP contribution is -2.33. The van der Waals surface area contributed by atoms with Crippen molar-refractivity contribution in [3.05, 3.63) is 77.9 Å². The third kappa shape index (κ3) is 4.92. The van der Waals surface area contributed by atoms with Crippen LogP contribution in [0.25, 0.3) is 5.65 Å². The molecule has 0 aliphatic carbocycles. The van der Waals surface area contributed by atoms with E-state index in [9.17, 15) is 0 Å². The maximum Gasteiger partial charge on any atom is 0.150 e. The van der Waals surface area contributed by atoms with Crippen molar-refractivity contribution in [3.8, 4) is 0 Å². The van der Waals surface area contributed by atoms with Crippen LogP contribution in [0.3, 0.4) is 0 Å². The van der Waals surface area contributed by atoms with E-state index < -0.39 is 0 Å².